The Balaban J connectivity index is 2.02. The summed E-state index contributed by atoms with van der Waals surface area (Å²) in [6.45, 7) is 3.04. The summed E-state index contributed by atoms with van der Waals surface area (Å²) in [4.78, 5) is 13.7. The summed E-state index contributed by atoms with van der Waals surface area (Å²) >= 11 is 1.14. The van der Waals surface area contributed by atoms with E-state index in [1.54, 1.807) is 23.3 Å². The zero-order valence-electron chi connectivity index (χ0n) is 10.1. The molecule has 7 heteroatoms. The van der Waals surface area contributed by atoms with Crippen LogP contribution in [0.5, 0.6) is 0 Å². The van der Waals surface area contributed by atoms with Crippen molar-refractivity contribution in [2.45, 2.75) is 30.0 Å². The zero-order valence-corrected chi connectivity index (χ0v) is 11.8. The molecule has 1 aromatic heterocycles. The Hall–Kier alpha value is -0.920. The number of carbonyl (C=O) groups is 1. The fraction of sp³-hybridized carbons (Fsp3) is 0.545. The largest absolute Gasteiger partial charge is 0.341 e. The third-order valence-corrected chi connectivity index (χ3v) is 5.82. The molecule has 1 aromatic rings. The Morgan fingerprint density at radius 3 is 2.67 bits per heavy atom. The van der Waals surface area contributed by atoms with Crippen molar-refractivity contribution in [1.82, 2.24) is 9.62 Å². The van der Waals surface area contributed by atoms with Crippen molar-refractivity contribution in [2.24, 2.45) is 0 Å². The molecule has 0 spiro atoms. The van der Waals surface area contributed by atoms with Gasteiger partial charge in [0.2, 0.25) is 5.91 Å². The lowest BCUT2D eigenvalue weighted by atomic mass is 10.3. The van der Waals surface area contributed by atoms with Crippen LogP contribution >= 0.6 is 11.3 Å². The average Bonchev–Trinajstić information content (AvgIpc) is 3.00. The Morgan fingerprint density at radius 2 is 2.11 bits per heavy atom. The number of carbonyl (C=O) groups excluding carboxylic acids is 1. The zero-order chi connectivity index (χ0) is 13.2. The van der Waals surface area contributed by atoms with Crippen LogP contribution < -0.4 is 4.72 Å². The number of likely N-dealkylation sites (tertiary alicyclic amines) is 1. The average molecular weight is 288 g/mol. The highest BCUT2D eigenvalue weighted by molar-refractivity contribution is 7.91. The van der Waals surface area contributed by atoms with Crippen molar-refractivity contribution in [2.75, 3.05) is 13.1 Å². The Labute approximate surface area is 111 Å². The summed E-state index contributed by atoms with van der Waals surface area (Å²) in [5.74, 6) is -0.146. The van der Waals surface area contributed by atoms with Crippen molar-refractivity contribution in [3.05, 3.63) is 17.5 Å². The molecule has 0 aliphatic carbocycles. The molecule has 18 heavy (non-hydrogen) atoms. The van der Waals surface area contributed by atoms with E-state index >= 15 is 0 Å². The van der Waals surface area contributed by atoms with Crippen molar-refractivity contribution in [3.8, 4) is 0 Å². The fourth-order valence-electron chi connectivity index (χ4n) is 1.97. The number of rotatable bonds is 4. The lowest BCUT2D eigenvalue weighted by molar-refractivity contribution is -0.131. The van der Waals surface area contributed by atoms with Gasteiger partial charge in [0.25, 0.3) is 10.0 Å². The minimum absolute atomic E-state index is 0.146. The van der Waals surface area contributed by atoms with Crippen LogP contribution in [0.3, 0.4) is 0 Å². The van der Waals surface area contributed by atoms with Gasteiger partial charge in [-0.25, -0.2) is 8.42 Å². The van der Waals surface area contributed by atoms with Crippen LogP contribution in [0.25, 0.3) is 0 Å². The second-order valence-corrected chi connectivity index (χ2v) is 7.20. The van der Waals surface area contributed by atoms with Gasteiger partial charge >= 0.3 is 0 Å². The lowest BCUT2D eigenvalue weighted by Gasteiger charge is -2.20. The number of nitrogens with zero attached hydrogens (tertiary/aromatic N) is 1. The number of thiophene rings is 1. The molecule has 2 heterocycles. The van der Waals surface area contributed by atoms with Crippen molar-refractivity contribution < 1.29 is 13.2 Å². The van der Waals surface area contributed by atoms with Crippen LogP contribution in [-0.2, 0) is 14.8 Å². The number of nitrogens with one attached hydrogen (secondary N) is 1. The van der Waals surface area contributed by atoms with E-state index in [-0.39, 0.29) is 10.1 Å². The van der Waals surface area contributed by atoms with E-state index in [0.717, 1.165) is 37.3 Å². The first-order chi connectivity index (χ1) is 8.50. The molecule has 0 saturated carbocycles. The van der Waals surface area contributed by atoms with Gasteiger partial charge in [0, 0.05) is 13.1 Å². The summed E-state index contributed by atoms with van der Waals surface area (Å²) in [5, 5.41) is 1.70. The van der Waals surface area contributed by atoms with Gasteiger partial charge in [-0.3, -0.25) is 4.79 Å². The standard InChI is InChI=1S/C11H16N2O3S2/c1-9(11(14)13-6-2-3-7-13)12-18(15,16)10-5-4-8-17-10/h4-5,8-9,12H,2-3,6-7H2,1H3/t9-/m0/s1. The van der Waals surface area contributed by atoms with E-state index in [1.165, 1.54) is 6.07 Å². The maximum absolute atomic E-state index is 12.0. The first-order valence-electron chi connectivity index (χ1n) is 5.85. The van der Waals surface area contributed by atoms with E-state index in [2.05, 4.69) is 4.72 Å². The van der Waals surface area contributed by atoms with E-state index in [9.17, 15) is 13.2 Å². The lowest BCUT2D eigenvalue weighted by Crippen LogP contribution is -2.45. The van der Waals surface area contributed by atoms with E-state index < -0.39 is 16.1 Å². The Morgan fingerprint density at radius 1 is 1.44 bits per heavy atom. The van der Waals surface area contributed by atoms with Gasteiger partial charge in [0.15, 0.2) is 0 Å². The first kappa shape index (κ1) is 13.5. The highest BCUT2D eigenvalue weighted by Crippen LogP contribution is 2.16. The monoisotopic (exact) mass is 288 g/mol. The molecule has 1 amide bonds. The van der Waals surface area contributed by atoms with Gasteiger partial charge in [-0.15, -0.1) is 11.3 Å². The second kappa shape index (κ2) is 5.38. The van der Waals surface area contributed by atoms with Crippen LogP contribution in [0.1, 0.15) is 19.8 Å². The molecule has 2 rings (SSSR count). The Kier molecular flexibility index (Phi) is 4.04. The minimum Gasteiger partial charge on any atom is -0.341 e. The Bertz CT molecular complexity index is 504. The number of hydrogen-bond donors (Lipinski definition) is 1. The van der Waals surface area contributed by atoms with Gasteiger partial charge in [-0.05, 0) is 31.2 Å². The van der Waals surface area contributed by atoms with Crippen LogP contribution in [0.4, 0.5) is 0 Å². The van der Waals surface area contributed by atoms with Crippen LogP contribution in [0, 0.1) is 0 Å². The highest BCUT2D eigenvalue weighted by atomic mass is 32.2. The van der Waals surface area contributed by atoms with Gasteiger partial charge in [0.05, 0.1) is 6.04 Å². The number of sulfonamides is 1. The second-order valence-electron chi connectivity index (χ2n) is 4.31. The molecule has 1 atom stereocenters. The maximum atomic E-state index is 12.0. The van der Waals surface area contributed by atoms with E-state index in [0.29, 0.717) is 0 Å². The quantitative estimate of drug-likeness (QED) is 0.900. The SMILES string of the molecule is C[C@H](NS(=O)(=O)c1cccs1)C(=O)N1CCCC1. The predicted molar refractivity (Wildman–Crippen MR) is 69.9 cm³/mol. The molecule has 0 radical (unpaired) electrons. The first-order valence-corrected chi connectivity index (χ1v) is 8.21. The summed E-state index contributed by atoms with van der Waals surface area (Å²) in [6, 6.07) is 2.49. The topological polar surface area (TPSA) is 66.5 Å². The molecule has 1 saturated heterocycles. The molecule has 0 aromatic carbocycles. The van der Waals surface area contributed by atoms with Crippen LogP contribution in [0.15, 0.2) is 21.7 Å². The predicted octanol–water partition coefficient (Wildman–Crippen LogP) is 1.04. The minimum atomic E-state index is -3.57. The third kappa shape index (κ3) is 2.90. The maximum Gasteiger partial charge on any atom is 0.250 e. The van der Waals surface area contributed by atoms with Gasteiger partial charge in [-0.1, -0.05) is 6.07 Å². The van der Waals surface area contributed by atoms with Crippen molar-refractivity contribution in [1.29, 1.82) is 0 Å². The molecular weight excluding hydrogens is 272 g/mol. The summed E-state index contributed by atoms with van der Waals surface area (Å²) in [5.41, 5.74) is 0. The number of hydrogen-bond acceptors (Lipinski definition) is 4. The van der Waals surface area contributed by atoms with Crippen LogP contribution in [0.2, 0.25) is 0 Å². The summed E-state index contributed by atoms with van der Waals surface area (Å²) < 4.78 is 26.6. The summed E-state index contributed by atoms with van der Waals surface area (Å²) in [7, 11) is -3.57. The number of amides is 1. The molecule has 1 N–H and O–H groups in total. The van der Waals surface area contributed by atoms with Crippen LogP contribution in [-0.4, -0.2) is 38.4 Å². The molecule has 0 bridgehead atoms. The van der Waals surface area contributed by atoms with Gasteiger partial charge < -0.3 is 4.90 Å². The molecular formula is C11H16N2O3S2. The van der Waals surface area contributed by atoms with Gasteiger partial charge in [-0.2, -0.15) is 4.72 Å². The summed E-state index contributed by atoms with van der Waals surface area (Å²) in [6.07, 6.45) is 1.99. The normalized spacial score (nSPS) is 17.9. The molecule has 1 aliphatic heterocycles. The van der Waals surface area contributed by atoms with E-state index in [1.807, 2.05) is 0 Å². The smallest absolute Gasteiger partial charge is 0.250 e. The molecule has 5 nitrogen and oxygen atoms in total. The van der Waals surface area contributed by atoms with Gasteiger partial charge in [0.1, 0.15) is 4.21 Å². The fourth-order valence-corrected chi connectivity index (χ4v) is 4.18. The molecule has 0 unspecified atom stereocenters. The molecule has 100 valence electrons. The van der Waals surface area contributed by atoms with Crippen molar-refractivity contribution >= 4 is 27.3 Å². The van der Waals surface area contributed by atoms with Crippen molar-refractivity contribution in [3.63, 3.8) is 0 Å². The third-order valence-electron chi connectivity index (χ3n) is 2.88. The highest BCUT2D eigenvalue weighted by Gasteiger charge is 2.27. The molecule has 1 aliphatic rings. The van der Waals surface area contributed by atoms with E-state index in [4.69, 9.17) is 0 Å². The molecule has 1 fully saturated rings.